The van der Waals surface area contributed by atoms with Gasteiger partial charge in [-0.1, -0.05) is 28.6 Å². The maximum Gasteiger partial charge on any atom is 0.573 e. The van der Waals surface area contributed by atoms with Crippen LogP contribution >= 0.6 is 11.3 Å². The molecule has 0 radical (unpaired) electrons. The van der Waals surface area contributed by atoms with E-state index in [1.807, 2.05) is 0 Å². The molecular formula is C29H25F4N3O5S. The number of hydrogen-bond acceptors (Lipinski definition) is 8. The highest BCUT2D eigenvalue weighted by Gasteiger charge is 2.43. The fourth-order valence-corrected chi connectivity index (χ4v) is 7.40. The van der Waals surface area contributed by atoms with Gasteiger partial charge in [0.2, 0.25) is 0 Å². The molecular weight excluding hydrogens is 578 g/mol. The minimum absolute atomic E-state index is 0.111. The summed E-state index contributed by atoms with van der Waals surface area (Å²) in [7, 11) is 0. The van der Waals surface area contributed by atoms with E-state index in [4.69, 9.17) is 9.26 Å². The molecule has 1 N–H and O–H groups in total. The highest BCUT2D eigenvalue weighted by atomic mass is 32.1. The number of benzene rings is 2. The van der Waals surface area contributed by atoms with Gasteiger partial charge in [-0.25, -0.2) is 14.2 Å². The first-order valence-electron chi connectivity index (χ1n) is 13.7. The van der Waals surface area contributed by atoms with Crippen molar-refractivity contribution in [1.29, 1.82) is 0 Å². The average molecular weight is 604 g/mol. The van der Waals surface area contributed by atoms with E-state index in [2.05, 4.69) is 19.8 Å². The minimum Gasteiger partial charge on any atom is -0.487 e. The molecule has 3 aliphatic rings. The first-order valence-corrected chi connectivity index (χ1v) is 14.6. The summed E-state index contributed by atoms with van der Waals surface area (Å²) in [4.78, 5) is 18.1. The quantitative estimate of drug-likeness (QED) is 0.208. The van der Waals surface area contributed by atoms with Gasteiger partial charge in [0.15, 0.2) is 28.2 Å². The van der Waals surface area contributed by atoms with Crippen LogP contribution in [-0.2, 0) is 0 Å². The van der Waals surface area contributed by atoms with E-state index in [1.54, 1.807) is 6.07 Å². The molecule has 2 aromatic heterocycles. The topological polar surface area (TPSA) is 97.9 Å². The Morgan fingerprint density at radius 3 is 2.55 bits per heavy atom. The Morgan fingerprint density at radius 1 is 1.12 bits per heavy atom. The van der Waals surface area contributed by atoms with E-state index in [-0.39, 0.29) is 52.0 Å². The molecule has 1 aliphatic carbocycles. The van der Waals surface area contributed by atoms with Gasteiger partial charge in [-0.2, -0.15) is 0 Å². The Hall–Kier alpha value is -3.87. The molecule has 2 aromatic carbocycles. The number of nitrogens with zero attached hydrogens (tertiary/aromatic N) is 3. The Balaban J connectivity index is 1.10. The zero-order valence-corrected chi connectivity index (χ0v) is 22.9. The van der Waals surface area contributed by atoms with E-state index in [0.717, 1.165) is 44.6 Å². The highest BCUT2D eigenvalue weighted by Crippen LogP contribution is 2.50. The SMILES string of the molecule is O=C(O)c1cc(F)c2nc(N3C4CCC3CC(COc3c(-c5ccccc5OC(F)(F)F)noc3C3CC3)C4)sc2c1. The lowest BCUT2D eigenvalue weighted by atomic mass is 9.91. The molecule has 4 aromatic rings. The number of piperidine rings is 1. The van der Waals surface area contributed by atoms with Gasteiger partial charge < -0.3 is 24.0 Å². The number of carboxylic acids is 1. The predicted molar refractivity (Wildman–Crippen MR) is 145 cm³/mol. The van der Waals surface area contributed by atoms with Gasteiger partial charge in [0.25, 0.3) is 0 Å². The minimum atomic E-state index is -4.86. The summed E-state index contributed by atoms with van der Waals surface area (Å²) in [6, 6.07) is 8.57. The molecule has 4 heterocycles. The van der Waals surface area contributed by atoms with Crippen molar-refractivity contribution in [2.75, 3.05) is 11.5 Å². The molecule has 0 spiro atoms. The van der Waals surface area contributed by atoms with Crippen LogP contribution < -0.4 is 14.4 Å². The van der Waals surface area contributed by atoms with Crippen molar-refractivity contribution in [3.05, 3.63) is 53.5 Å². The molecule has 13 heteroatoms. The molecule has 2 bridgehead atoms. The van der Waals surface area contributed by atoms with Crippen molar-refractivity contribution in [1.82, 2.24) is 10.1 Å². The second kappa shape index (κ2) is 10.1. The van der Waals surface area contributed by atoms with Gasteiger partial charge in [0.1, 0.15) is 11.3 Å². The van der Waals surface area contributed by atoms with Crippen molar-refractivity contribution in [2.24, 2.45) is 5.92 Å². The van der Waals surface area contributed by atoms with Crippen LogP contribution in [0.3, 0.4) is 0 Å². The van der Waals surface area contributed by atoms with Crippen molar-refractivity contribution in [3.63, 3.8) is 0 Å². The Kier molecular flexibility index (Phi) is 6.52. The van der Waals surface area contributed by atoms with Gasteiger partial charge in [-0.05, 0) is 68.7 Å². The number of aromatic carboxylic acids is 1. The summed E-state index contributed by atoms with van der Waals surface area (Å²) in [5, 5.41) is 14.1. The summed E-state index contributed by atoms with van der Waals surface area (Å²) >= 11 is 1.29. The number of halogens is 4. The lowest BCUT2D eigenvalue weighted by Gasteiger charge is -2.38. The van der Waals surface area contributed by atoms with Gasteiger partial charge >= 0.3 is 12.3 Å². The first-order chi connectivity index (χ1) is 20.1. The van der Waals surface area contributed by atoms with Crippen molar-refractivity contribution in [3.8, 4) is 22.8 Å². The Morgan fingerprint density at radius 2 is 1.86 bits per heavy atom. The third kappa shape index (κ3) is 5.03. The molecule has 42 heavy (non-hydrogen) atoms. The third-order valence-electron chi connectivity index (χ3n) is 8.19. The smallest absolute Gasteiger partial charge is 0.487 e. The molecule has 2 aliphatic heterocycles. The maximum absolute atomic E-state index is 14.6. The number of rotatable bonds is 8. The lowest BCUT2D eigenvalue weighted by Crippen LogP contribution is -2.44. The second-order valence-electron chi connectivity index (χ2n) is 11.1. The number of para-hydroxylation sites is 1. The number of fused-ring (bicyclic) bond motifs is 3. The first kappa shape index (κ1) is 27.0. The largest absolute Gasteiger partial charge is 0.573 e. The summed E-state index contributed by atoms with van der Waals surface area (Å²) in [6.45, 7) is 0.341. The number of hydrogen-bond donors (Lipinski definition) is 1. The molecule has 2 atom stereocenters. The van der Waals surface area contributed by atoms with Gasteiger partial charge in [0, 0.05) is 18.0 Å². The van der Waals surface area contributed by atoms with Gasteiger partial charge in [-0.3, -0.25) is 0 Å². The van der Waals surface area contributed by atoms with Crippen LogP contribution in [0.25, 0.3) is 21.5 Å². The van der Waals surface area contributed by atoms with Crippen LogP contribution in [0.2, 0.25) is 0 Å². The summed E-state index contributed by atoms with van der Waals surface area (Å²) in [5.41, 5.74) is 0.395. The fourth-order valence-electron chi connectivity index (χ4n) is 6.24. The Bertz CT molecular complexity index is 1650. The zero-order valence-electron chi connectivity index (χ0n) is 22.1. The highest BCUT2D eigenvalue weighted by molar-refractivity contribution is 7.22. The third-order valence-corrected chi connectivity index (χ3v) is 9.20. The number of ether oxygens (including phenoxy) is 2. The van der Waals surface area contributed by atoms with E-state index in [9.17, 15) is 27.5 Å². The second-order valence-corrected chi connectivity index (χ2v) is 12.1. The maximum atomic E-state index is 14.6. The molecule has 7 rings (SSSR count). The van der Waals surface area contributed by atoms with Crippen molar-refractivity contribution >= 4 is 32.7 Å². The van der Waals surface area contributed by atoms with Crippen LogP contribution in [0, 0.1) is 11.7 Å². The predicted octanol–water partition coefficient (Wildman–Crippen LogP) is 7.39. The van der Waals surface area contributed by atoms with Crippen LogP contribution in [0.5, 0.6) is 11.5 Å². The number of carbonyl (C=O) groups is 1. The monoisotopic (exact) mass is 603 g/mol. The molecule has 220 valence electrons. The van der Waals surface area contributed by atoms with Crippen LogP contribution in [0.1, 0.15) is 60.6 Å². The normalized spacial score (nSPS) is 22.1. The van der Waals surface area contributed by atoms with Crippen molar-refractivity contribution < 1.29 is 41.5 Å². The van der Waals surface area contributed by atoms with E-state index >= 15 is 0 Å². The van der Waals surface area contributed by atoms with Crippen molar-refractivity contribution in [2.45, 2.75) is 62.9 Å². The molecule has 1 saturated carbocycles. The molecule has 3 fully saturated rings. The Labute approximate surface area is 240 Å². The number of aromatic nitrogens is 2. The molecule has 2 saturated heterocycles. The van der Waals surface area contributed by atoms with Gasteiger partial charge in [-0.15, -0.1) is 13.2 Å². The van der Waals surface area contributed by atoms with Crippen LogP contribution in [0.15, 0.2) is 40.9 Å². The van der Waals surface area contributed by atoms with E-state index in [0.29, 0.717) is 27.9 Å². The summed E-state index contributed by atoms with van der Waals surface area (Å²) in [6.07, 6.45) is 0.393. The standard InChI is InChI=1S/C29H25F4N3O5S/c30-20-11-16(27(37)38)12-22-24(20)34-28(42-22)36-17-7-8-18(36)10-14(9-17)13-39-26-23(35-41-25(26)15-5-6-15)19-3-1-2-4-21(19)40-29(31,32)33/h1-4,11-12,14-15,17-18H,5-10,13H2,(H,37,38). The molecule has 2 unspecified atom stereocenters. The number of carboxylic acid groups (broad SMARTS) is 1. The zero-order chi connectivity index (χ0) is 29.2. The molecule has 0 amide bonds. The number of thiazole rings is 1. The van der Waals surface area contributed by atoms with E-state index < -0.39 is 18.1 Å². The summed E-state index contributed by atoms with van der Waals surface area (Å²) < 4.78 is 70.6. The molecule has 8 nitrogen and oxygen atoms in total. The van der Waals surface area contributed by atoms with E-state index in [1.165, 1.54) is 35.6 Å². The van der Waals surface area contributed by atoms with Gasteiger partial charge in [0.05, 0.1) is 22.4 Å². The average Bonchev–Trinajstić information content (AvgIpc) is 3.45. The number of alkyl halides is 3. The van der Waals surface area contributed by atoms with Crippen LogP contribution in [-0.4, -0.2) is 46.3 Å². The lowest BCUT2D eigenvalue weighted by molar-refractivity contribution is -0.274. The summed E-state index contributed by atoms with van der Waals surface area (Å²) in [5.74, 6) is -1.02. The number of anilines is 1. The fraction of sp³-hybridized carbons (Fsp3) is 0.414. The van der Waals surface area contributed by atoms with Crippen LogP contribution in [0.4, 0.5) is 22.7 Å².